The molecule has 1 saturated heterocycles. The second-order valence-corrected chi connectivity index (χ2v) is 5.91. The fraction of sp³-hybridized carbons (Fsp3) is 0.385. The lowest BCUT2D eigenvalue weighted by atomic mass is 10.2. The zero-order valence-corrected chi connectivity index (χ0v) is 11.2. The van der Waals surface area contributed by atoms with Crippen molar-refractivity contribution in [1.82, 2.24) is 0 Å². The molecule has 96 valence electrons. The lowest BCUT2D eigenvalue weighted by molar-refractivity contribution is -0.117. The van der Waals surface area contributed by atoms with Crippen LogP contribution in [0.25, 0.3) is 0 Å². The zero-order valence-electron chi connectivity index (χ0n) is 10.3. The van der Waals surface area contributed by atoms with Gasteiger partial charge in [0.05, 0.1) is 5.69 Å². The highest BCUT2D eigenvalue weighted by Crippen LogP contribution is 2.34. The van der Waals surface area contributed by atoms with E-state index in [0.717, 1.165) is 5.56 Å². The highest BCUT2D eigenvalue weighted by atomic mass is 32.2. The highest BCUT2D eigenvalue weighted by Gasteiger charge is 2.33. The van der Waals surface area contributed by atoms with Gasteiger partial charge in [0.2, 0.25) is 5.91 Å². The van der Waals surface area contributed by atoms with Gasteiger partial charge in [-0.05, 0) is 24.6 Å². The van der Waals surface area contributed by atoms with Crippen molar-refractivity contribution in [1.29, 1.82) is 0 Å². The first-order chi connectivity index (χ1) is 8.47. The Bertz CT molecular complexity index is 501. The topological polar surface area (TPSA) is 57.6 Å². The lowest BCUT2D eigenvalue weighted by Crippen LogP contribution is -2.25. The first-order valence-corrected chi connectivity index (χ1v) is 6.62. The summed E-state index contributed by atoms with van der Waals surface area (Å²) in [6.45, 7) is 3.88. The average Bonchev–Trinajstić information content (AvgIpc) is 2.62. The van der Waals surface area contributed by atoms with E-state index in [0.29, 0.717) is 18.7 Å². The summed E-state index contributed by atoms with van der Waals surface area (Å²) in [5.74, 6) is 0.0528. The number of carbonyl (C=O) groups excluding carboxylic acids is 2. The van der Waals surface area contributed by atoms with Gasteiger partial charge in [0.1, 0.15) is 5.75 Å². The predicted molar refractivity (Wildman–Crippen MR) is 71.9 cm³/mol. The summed E-state index contributed by atoms with van der Waals surface area (Å²) >= 11 is 1.19. The number of aromatic hydroxyl groups is 1. The molecule has 0 aliphatic carbocycles. The van der Waals surface area contributed by atoms with Gasteiger partial charge in [-0.15, -0.1) is 0 Å². The Morgan fingerprint density at radius 3 is 2.89 bits per heavy atom. The minimum Gasteiger partial charge on any atom is -0.506 e. The molecule has 1 heterocycles. The molecule has 1 aromatic rings. The van der Waals surface area contributed by atoms with Crippen LogP contribution >= 0.6 is 11.8 Å². The Morgan fingerprint density at radius 2 is 2.22 bits per heavy atom. The van der Waals surface area contributed by atoms with Gasteiger partial charge in [-0.2, -0.15) is 0 Å². The Hall–Kier alpha value is -1.49. The number of hydrogen-bond donors (Lipinski definition) is 1. The van der Waals surface area contributed by atoms with Crippen LogP contribution in [0.15, 0.2) is 18.2 Å². The van der Waals surface area contributed by atoms with Crippen molar-refractivity contribution in [3.63, 3.8) is 0 Å². The average molecular weight is 265 g/mol. The molecule has 1 unspecified atom stereocenters. The van der Waals surface area contributed by atoms with Crippen LogP contribution in [0.5, 0.6) is 5.75 Å². The predicted octanol–water partition coefficient (Wildman–Crippen LogP) is 2.09. The van der Waals surface area contributed by atoms with Crippen LogP contribution in [0.2, 0.25) is 0 Å². The summed E-state index contributed by atoms with van der Waals surface area (Å²) in [5, 5.41) is 9.81. The number of carbonyl (C=O) groups is 2. The number of phenolic OH excluding ortho intramolecular Hbond substituents is 1. The third-order valence-corrected chi connectivity index (χ3v) is 3.82. The molecule has 0 saturated carbocycles. The van der Waals surface area contributed by atoms with Crippen LogP contribution in [-0.4, -0.2) is 27.9 Å². The number of thioether (sulfide) groups is 1. The van der Waals surface area contributed by atoms with E-state index >= 15 is 0 Å². The lowest BCUT2D eigenvalue weighted by Gasteiger charge is -2.18. The second kappa shape index (κ2) is 5.02. The minimum absolute atomic E-state index is 0.0168. The maximum Gasteiger partial charge on any atom is 0.228 e. The molecule has 1 aliphatic heterocycles. The van der Waals surface area contributed by atoms with Crippen LogP contribution in [0.4, 0.5) is 5.69 Å². The van der Waals surface area contributed by atoms with Crippen molar-refractivity contribution in [2.75, 3.05) is 11.4 Å². The Labute approximate surface area is 110 Å². The van der Waals surface area contributed by atoms with Crippen molar-refractivity contribution in [3.8, 4) is 5.75 Å². The number of benzene rings is 1. The third-order valence-electron chi connectivity index (χ3n) is 2.84. The third kappa shape index (κ3) is 2.67. The molecular weight excluding hydrogens is 250 g/mol. The van der Waals surface area contributed by atoms with Crippen LogP contribution in [0.1, 0.15) is 18.9 Å². The molecule has 1 fully saturated rings. The van der Waals surface area contributed by atoms with E-state index in [4.69, 9.17) is 0 Å². The van der Waals surface area contributed by atoms with E-state index in [2.05, 4.69) is 0 Å². The quantitative estimate of drug-likeness (QED) is 0.889. The number of hydrogen-bond acceptors (Lipinski definition) is 4. The fourth-order valence-corrected chi connectivity index (χ4v) is 2.99. The van der Waals surface area contributed by atoms with Gasteiger partial charge in [0.15, 0.2) is 5.12 Å². The van der Waals surface area contributed by atoms with Crippen LogP contribution in [-0.2, 0) is 9.59 Å². The molecule has 1 amide bonds. The molecule has 1 atom stereocenters. The number of aryl methyl sites for hydroxylation is 1. The Kier molecular flexibility index (Phi) is 3.61. The van der Waals surface area contributed by atoms with E-state index in [-0.39, 0.29) is 22.0 Å². The molecular formula is C13H15NO3S. The van der Waals surface area contributed by atoms with E-state index < -0.39 is 0 Å². The van der Waals surface area contributed by atoms with Gasteiger partial charge >= 0.3 is 0 Å². The molecule has 2 rings (SSSR count). The number of anilines is 1. The van der Waals surface area contributed by atoms with Crippen molar-refractivity contribution >= 4 is 28.5 Å². The van der Waals surface area contributed by atoms with Gasteiger partial charge in [-0.3, -0.25) is 9.59 Å². The molecule has 5 heteroatoms. The van der Waals surface area contributed by atoms with Gasteiger partial charge in [-0.25, -0.2) is 0 Å². The van der Waals surface area contributed by atoms with Crippen molar-refractivity contribution < 1.29 is 14.7 Å². The zero-order chi connectivity index (χ0) is 13.3. The van der Waals surface area contributed by atoms with E-state index in [9.17, 15) is 14.7 Å². The SMILES string of the molecule is CC(=O)SC1CC(=O)N(c2cc(C)ccc2O)C1. The second-order valence-electron chi connectivity index (χ2n) is 4.43. The van der Waals surface area contributed by atoms with Gasteiger partial charge < -0.3 is 10.0 Å². The summed E-state index contributed by atoms with van der Waals surface area (Å²) in [6, 6.07) is 5.17. The molecule has 0 bridgehead atoms. The van der Waals surface area contributed by atoms with Crippen LogP contribution in [0.3, 0.4) is 0 Å². The minimum atomic E-state index is -0.0466. The summed E-state index contributed by atoms with van der Waals surface area (Å²) in [7, 11) is 0. The molecule has 0 aromatic heterocycles. The largest absolute Gasteiger partial charge is 0.506 e. The van der Waals surface area contributed by atoms with Gasteiger partial charge in [-0.1, -0.05) is 17.8 Å². The number of amides is 1. The number of nitrogens with zero attached hydrogens (tertiary/aromatic N) is 1. The maximum absolute atomic E-state index is 11.9. The molecule has 0 spiro atoms. The van der Waals surface area contributed by atoms with E-state index in [1.807, 2.05) is 6.92 Å². The summed E-state index contributed by atoms with van der Waals surface area (Å²) in [4.78, 5) is 24.5. The van der Waals surface area contributed by atoms with Crippen molar-refractivity contribution in [2.45, 2.75) is 25.5 Å². The highest BCUT2D eigenvalue weighted by molar-refractivity contribution is 8.14. The van der Waals surface area contributed by atoms with E-state index in [1.165, 1.54) is 18.7 Å². The monoisotopic (exact) mass is 265 g/mol. The molecule has 18 heavy (non-hydrogen) atoms. The first-order valence-electron chi connectivity index (χ1n) is 5.74. The fourth-order valence-electron chi connectivity index (χ4n) is 2.07. The summed E-state index contributed by atoms with van der Waals surface area (Å²) < 4.78 is 0. The maximum atomic E-state index is 11.9. The summed E-state index contributed by atoms with van der Waals surface area (Å²) in [5.41, 5.74) is 1.52. The molecule has 1 aliphatic rings. The van der Waals surface area contributed by atoms with Crippen LogP contribution < -0.4 is 4.90 Å². The van der Waals surface area contributed by atoms with Crippen molar-refractivity contribution in [3.05, 3.63) is 23.8 Å². The normalized spacial score (nSPS) is 19.3. The molecule has 1 N–H and O–H groups in total. The van der Waals surface area contributed by atoms with Crippen LogP contribution in [0, 0.1) is 6.92 Å². The van der Waals surface area contributed by atoms with Gasteiger partial charge in [0.25, 0.3) is 0 Å². The van der Waals surface area contributed by atoms with E-state index in [1.54, 1.807) is 23.1 Å². The summed E-state index contributed by atoms with van der Waals surface area (Å²) in [6.07, 6.45) is 0.345. The first kappa shape index (κ1) is 13.0. The standard InChI is InChI=1S/C13H15NO3S/c1-8-3-4-12(16)11(5-8)14-7-10(6-13(14)17)18-9(2)15/h3-5,10,16H,6-7H2,1-2H3. The van der Waals surface area contributed by atoms with Crippen molar-refractivity contribution in [2.24, 2.45) is 0 Å². The van der Waals surface area contributed by atoms with Gasteiger partial charge in [0, 0.05) is 25.1 Å². The number of rotatable bonds is 2. The Morgan fingerprint density at radius 1 is 1.50 bits per heavy atom. The molecule has 0 radical (unpaired) electrons. The number of phenols is 1. The Balaban J connectivity index is 2.21. The molecule has 4 nitrogen and oxygen atoms in total. The molecule has 1 aromatic carbocycles. The smallest absolute Gasteiger partial charge is 0.228 e.